The van der Waals surface area contributed by atoms with Gasteiger partial charge < -0.3 is 10.1 Å². The topological polar surface area (TPSA) is 64.1 Å². The Morgan fingerprint density at radius 1 is 1.33 bits per heavy atom. The van der Waals surface area contributed by atoms with Crippen LogP contribution < -0.4 is 5.32 Å². The SMILES string of the molecule is COC(=O)c1nccc(NC2C(C)(C)C2(C)C)n1. The minimum absolute atomic E-state index is 0.0822. The van der Waals surface area contributed by atoms with Crippen LogP contribution in [0.1, 0.15) is 38.3 Å². The van der Waals surface area contributed by atoms with Gasteiger partial charge in [-0.05, 0) is 16.9 Å². The predicted octanol–water partition coefficient (Wildman–Crippen LogP) is 2.11. The Morgan fingerprint density at radius 3 is 2.44 bits per heavy atom. The summed E-state index contributed by atoms with van der Waals surface area (Å²) in [6.07, 6.45) is 1.56. The monoisotopic (exact) mass is 249 g/mol. The van der Waals surface area contributed by atoms with Crippen LogP contribution in [-0.2, 0) is 4.74 Å². The van der Waals surface area contributed by atoms with E-state index in [1.165, 1.54) is 7.11 Å². The average molecular weight is 249 g/mol. The number of nitrogens with one attached hydrogen (secondary N) is 1. The molecule has 1 N–H and O–H groups in total. The summed E-state index contributed by atoms with van der Waals surface area (Å²) in [4.78, 5) is 19.4. The lowest BCUT2D eigenvalue weighted by atomic mass is 10.0. The fourth-order valence-corrected chi connectivity index (χ4v) is 2.33. The molecule has 5 nitrogen and oxygen atoms in total. The van der Waals surface area contributed by atoms with Crippen LogP contribution in [0.15, 0.2) is 12.3 Å². The third-order valence-corrected chi connectivity index (χ3v) is 4.34. The Balaban J connectivity index is 2.15. The van der Waals surface area contributed by atoms with Gasteiger partial charge in [0, 0.05) is 12.2 Å². The maximum Gasteiger partial charge on any atom is 0.376 e. The van der Waals surface area contributed by atoms with Gasteiger partial charge in [-0.1, -0.05) is 27.7 Å². The zero-order valence-electron chi connectivity index (χ0n) is 11.4. The fourth-order valence-electron chi connectivity index (χ4n) is 2.33. The Hall–Kier alpha value is -1.65. The summed E-state index contributed by atoms with van der Waals surface area (Å²) in [5, 5.41) is 3.36. The number of esters is 1. The summed E-state index contributed by atoms with van der Waals surface area (Å²) in [5.74, 6) is 0.223. The lowest BCUT2D eigenvalue weighted by Gasteiger charge is -2.07. The molecule has 0 saturated heterocycles. The maximum atomic E-state index is 11.3. The average Bonchev–Trinajstić information content (AvgIpc) is 2.71. The molecule has 0 unspecified atom stereocenters. The van der Waals surface area contributed by atoms with Gasteiger partial charge in [0.25, 0.3) is 0 Å². The van der Waals surface area contributed by atoms with E-state index in [0.29, 0.717) is 11.9 Å². The highest BCUT2D eigenvalue weighted by molar-refractivity contribution is 5.85. The number of anilines is 1. The first-order valence-electron chi connectivity index (χ1n) is 5.98. The number of carbonyl (C=O) groups excluding carboxylic acids is 1. The third kappa shape index (κ3) is 1.83. The standard InChI is InChI=1S/C13H19N3O2/c1-12(2)11(13(12,3)4)16-8-6-7-14-9(15-8)10(17)18-5/h6-7,11H,1-5H3,(H,14,15,16). The molecule has 5 heteroatoms. The number of aromatic nitrogens is 2. The summed E-state index contributed by atoms with van der Waals surface area (Å²) < 4.78 is 4.60. The predicted molar refractivity (Wildman–Crippen MR) is 68.3 cm³/mol. The number of ether oxygens (including phenoxy) is 1. The van der Waals surface area contributed by atoms with Gasteiger partial charge >= 0.3 is 5.97 Å². The number of hydrogen-bond acceptors (Lipinski definition) is 5. The normalized spacial score (nSPS) is 20.3. The quantitative estimate of drug-likeness (QED) is 0.831. The van der Waals surface area contributed by atoms with E-state index in [1.54, 1.807) is 12.3 Å². The molecule has 0 radical (unpaired) electrons. The molecule has 1 heterocycles. The summed E-state index contributed by atoms with van der Waals surface area (Å²) in [6.45, 7) is 8.86. The van der Waals surface area contributed by atoms with E-state index in [4.69, 9.17) is 0 Å². The molecule has 0 bridgehead atoms. The molecule has 1 aliphatic carbocycles. The van der Waals surface area contributed by atoms with Gasteiger partial charge in [0.1, 0.15) is 5.82 Å². The summed E-state index contributed by atoms with van der Waals surface area (Å²) >= 11 is 0. The van der Waals surface area contributed by atoms with Crippen LogP contribution in [0.4, 0.5) is 5.82 Å². The van der Waals surface area contributed by atoms with E-state index in [-0.39, 0.29) is 16.7 Å². The second-order valence-electron chi connectivity index (χ2n) is 5.78. The van der Waals surface area contributed by atoms with Crippen LogP contribution in [0.2, 0.25) is 0 Å². The minimum Gasteiger partial charge on any atom is -0.463 e. The Labute approximate surface area is 107 Å². The zero-order valence-corrected chi connectivity index (χ0v) is 11.4. The lowest BCUT2D eigenvalue weighted by Crippen LogP contribution is -2.14. The molecule has 0 atom stereocenters. The van der Waals surface area contributed by atoms with Crippen molar-refractivity contribution < 1.29 is 9.53 Å². The lowest BCUT2D eigenvalue weighted by molar-refractivity contribution is 0.0587. The summed E-state index contributed by atoms with van der Waals surface area (Å²) in [5.41, 5.74) is 0.423. The van der Waals surface area contributed by atoms with E-state index < -0.39 is 5.97 Å². The summed E-state index contributed by atoms with van der Waals surface area (Å²) in [7, 11) is 1.32. The van der Waals surface area contributed by atoms with Crippen molar-refractivity contribution in [1.82, 2.24) is 9.97 Å². The number of methoxy groups -OCH3 is 1. The van der Waals surface area contributed by atoms with Gasteiger partial charge in [-0.15, -0.1) is 0 Å². The van der Waals surface area contributed by atoms with Gasteiger partial charge in [-0.2, -0.15) is 0 Å². The van der Waals surface area contributed by atoms with Crippen LogP contribution in [0.25, 0.3) is 0 Å². The largest absolute Gasteiger partial charge is 0.463 e. The van der Waals surface area contributed by atoms with E-state index in [2.05, 4.69) is 47.7 Å². The second kappa shape index (κ2) is 3.93. The Kier molecular flexibility index (Phi) is 2.80. The van der Waals surface area contributed by atoms with Gasteiger partial charge in [0.15, 0.2) is 0 Å². The first kappa shape index (κ1) is 12.8. The molecule has 18 heavy (non-hydrogen) atoms. The number of nitrogens with zero attached hydrogens (tertiary/aromatic N) is 2. The van der Waals surface area contributed by atoms with E-state index in [0.717, 1.165) is 0 Å². The molecule has 0 aromatic carbocycles. The molecule has 1 fully saturated rings. The van der Waals surface area contributed by atoms with Crippen LogP contribution in [0, 0.1) is 10.8 Å². The molecule has 1 aliphatic rings. The second-order valence-corrected chi connectivity index (χ2v) is 5.78. The van der Waals surface area contributed by atoms with Crippen molar-refractivity contribution in [3.63, 3.8) is 0 Å². The molecular weight excluding hydrogens is 230 g/mol. The first-order valence-corrected chi connectivity index (χ1v) is 5.98. The van der Waals surface area contributed by atoms with Crippen LogP contribution in [0.5, 0.6) is 0 Å². The molecule has 1 aromatic heterocycles. The molecular formula is C13H19N3O2. The molecule has 98 valence electrons. The molecule has 1 saturated carbocycles. The first-order chi connectivity index (χ1) is 8.30. The summed E-state index contributed by atoms with van der Waals surface area (Å²) in [6, 6.07) is 2.10. The van der Waals surface area contributed by atoms with E-state index in [9.17, 15) is 4.79 Å². The maximum absolute atomic E-state index is 11.3. The van der Waals surface area contributed by atoms with Crippen molar-refractivity contribution in [2.24, 2.45) is 10.8 Å². The number of rotatable bonds is 3. The highest BCUT2D eigenvalue weighted by atomic mass is 16.5. The fraction of sp³-hybridized carbons (Fsp3) is 0.615. The van der Waals surface area contributed by atoms with E-state index in [1.807, 2.05) is 0 Å². The van der Waals surface area contributed by atoms with Crippen molar-refractivity contribution in [1.29, 1.82) is 0 Å². The minimum atomic E-state index is -0.520. The zero-order chi connectivity index (χ0) is 13.6. The van der Waals surface area contributed by atoms with Gasteiger partial charge in [-0.3, -0.25) is 0 Å². The molecule has 1 aromatic rings. The molecule has 0 amide bonds. The Morgan fingerprint density at radius 2 is 1.94 bits per heavy atom. The van der Waals surface area contributed by atoms with Crippen molar-refractivity contribution in [3.8, 4) is 0 Å². The number of carbonyl (C=O) groups is 1. The van der Waals surface area contributed by atoms with Crippen LogP contribution in [0.3, 0.4) is 0 Å². The molecule has 2 rings (SSSR count). The van der Waals surface area contributed by atoms with Crippen molar-refractivity contribution >= 4 is 11.8 Å². The smallest absolute Gasteiger partial charge is 0.376 e. The highest BCUT2D eigenvalue weighted by Gasteiger charge is 2.65. The van der Waals surface area contributed by atoms with Gasteiger partial charge in [-0.25, -0.2) is 14.8 Å². The Bertz CT molecular complexity index is 469. The van der Waals surface area contributed by atoms with Crippen LogP contribution >= 0.6 is 0 Å². The van der Waals surface area contributed by atoms with E-state index >= 15 is 0 Å². The van der Waals surface area contributed by atoms with Crippen molar-refractivity contribution in [3.05, 3.63) is 18.1 Å². The van der Waals surface area contributed by atoms with Crippen LogP contribution in [-0.4, -0.2) is 29.1 Å². The number of hydrogen-bond donors (Lipinski definition) is 1. The van der Waals surface area contributed by atoms with Crippen molar-refractivity contribution in [2.75, 3.05) is 12.4 Å². The van der Waals surface area contributed by atoms with Gasteiger partial charge in [0.2, 0.25) is 5.82 Å². The molecule has 0 aliphatic heterocycles. The third-order valence-electron chi connectivity index (χ3n) is 4.34. The van der Waals surface area contributed by atoms with Gasteiger partial charge in [0.05, 0.1) is 7.11 Å². The highest BCUT2D eigenvalue weighted by Crippen LogP contribution is 2.63. The van der Waals surface area contributed by atoms with Crippen molar-refractivity contribution in [2.45, 2.75) is 33.7 Å². The molecule has 0 spiro atoms.